The molecule has 0 fully saturated rings. The molecule has 0 aliphatic carbocycles. The Morgan fingerprint density at radius 2 is 1.86 bits per heavy atom. The van der Waals surface area contributed by atoms with Gasteiger partial charge in [0.15, 0.2) is 21.3 Å². The number of fused-ring (bicyclic) bond motifs is 1. The molecule has 0 amide bonds. The lowest BCUT2D eigenvalue weighted by atomic mass is 10.1. The molecular weight excluding hydrogens is 290 g/mol. The Kier molecular flexibility index (Phi) is 5.11. The van der Waals surface area contributed by atoms with Crippen molar-refractivity contribution in [1.82, 2.24) is 5.32 Å². The molecule has 1 unspecified atom stereocenters. The van der Waals surface area contributed by atoms with Crippen LogP contribution in [0.1, 0.15) is 20.3 Å². The van der Waals surface area contributed by atoms with Crippen LogP contribution in [0.25, 0.3) is 0 Å². The summed E-state index contributed by atoms with van der Waals surface area (Å²) in [5, 5.41) is 3.06. The van der Waals surface area contributed by atoms with Crippen LogP contribution in [-0.4, -0.2) is 40.5 Å². The van der Waals surface area contributed by atoms with Crippen LogP contribution in [0, 0.1) is 5.92 Å². The Bertz CT molecular complexity index is 583. The normalized spacial score (nSPS) is 16.6. The highest BCUT2D eigenvalue weighted by atomic mass is 32.2. The first-order valence-electron chi connectivity index (χ1n) is 7.23. The maximum absolute atomic E-state index is 12.5. The Balaban J connectivity index is 2.26. The predicted octanol–water partition coefficient (Wildman–Crippen LogP) is 1.87. The van der Waals surface area contributed by atoms with Crippen molar-refractivity contribution in [3.8, 4) is 11.5 Å². The standard InChI is InChI=1S/C15H23NO4S/c1-11(2)13(16-3)10-21(17,18)12-5-6-14-15(9-12)20-8-4-7-19-14/h5-6,9,11,13,16H,4,7-8,10H2,1-3H3. The van der Waals surface area contributed by atoms with Gasteiger partial charge in [0.2, 0.25) is 0 Å². The molecule has 0 saturated carbocycles. The molecule has 1 aliphatic heterocycles. The van der Waals surface area contributed by atoms with Crippen LogP contribution in [-0.2, 0) is 9.84 Å². The van der Waals surface area contributed by atoms with Crippen LogP contribution in [0.3, 0.4) is 0 Å². The summed E-state index contributed by atoms with van der Waals surface area (Å²) in [4.78, 5) is 0.285. The van der Waals surface area contributed by atoms with E-state index in [1.165, 1.54) is 0 Å². The van der Waals surface area contributed by atoms with Gasteiger partial charge in [-0.05, 0) is 25.1 Å². The fourth-order valence-electron chi connectivity index (χ4n) is 2.28. The van der Waals surface area contributed by atoms with Crippen molar-refractivity contribution >= 4 is 9.84 Å². The third-order valence-electron chi connectivity index (χ3n) is 3.65. The second-order valence-corrected chi connectivity index (χ2v) is 7.61. The summed E-state index contributed by atoms with van der Waals surface area (Å²) in [5.74, 6) is 1.44. The summed E-state index contributed by atoms with van der Waals surface area (Å²) < 4.78 is 36.2. The number of benzene rings is 1. The van der Waals surface area contributed by atoms with Crippen molar-refractivity contribution < 1.29 is 17.9 Å². The average molecular weight is 313 g/mol. The van der Waals surface area contributed by atoms with E-state index in [2.05, 4.69) is 5.32 Å². The van der Waals surface area contributed by atoms with Crippen LogP contribution < -0.4 is 14.8 Å². The van der Waals surface area contributed by atoms with Gasteiger partial charge < -0.3 is 14.8 Å². The third-order valence-corrected chi connectivity index (χ3v) is 5.42. The van der Waals surface area contributed by atoms with Gasteiger partial charge in [0.05, 0.1) is 23.9 Å². The molecule has 0 spiro atoms. The molecular formula is C15H23NO4S. The minimum absolute atomic E-state index is 0.0702. The Labute approximate surface area is 126 Å². The number of sulfone groups is 1. The van der Waals surface area contributed by atoms with Gasteiger partial charge in [-0.3, -0.25) is 0 Å². The van der Waals surface area contributed by atoms with Crippen LogP contribution in [0.2, 0.25) is 0 Å². The van der Waals surface area contributed by atoms with E-state index in [1.807, 2.05) is 13.8 Å². The maximum atomic E-state index is 12.5. The molecule has 0 aromatic heterocycles. The van der Waals surface area contributed by atoms with Crippen molar-refractivity contribution in [1.29, 1.82) is 0 Å². The fraction of sp³-hybridized carbons (Fsp3) is 0.600. The van der Waals surface area contributed by atoms with E-state index in [0.717, 1.165) is 6.42 Å². The minimum atomic E-state index is -3.36. The quantitative estimate of drug-likeness (QED) is 0.899. The summed E-state index contributed by atoms with van der Waals surface area (Å²) in [6.45, 7) is 5.14. The first kappa shape index (κ1) is 16.1. The molecule has 2 rings (SSSR count). The lowest BCUT2D eigenvalue weighted by Gasteiger charge is -2.20. The van der Waals surface area contributed by atoms with Gasteiger partial charge in [-0.1, -0.05) is 13.8 Å². The summed E-state index contributed by atoms with van der Waals surface area (Å²) >= 11 is 0. The van der Waals surface area contributed by atoms with Gasteiger partial charge in [0.25, 0.3) is 0 Å². The predicted molar refractivity (Wildman–Crippen MR) is 81.8 cm³/mol. The molecule has 1 N–H and O–H groups in total. The first-order chi connectivity index (χ1) is 9.94. The first-order valence-corrected chi connectivity index (χ1v) is 8.89. The fourth-order valence-corrected chi connectivity index (χ4v) is 4.06. The molecule has 1 atom stereocenters. The molecule has 1 aromatic rings. The molecule has 21 heavy (non-hydrogen) atoms. The van der Waals surface area contributed by atoms with Gasteiger partial charge in [-0.25, -0.2) is 8.42 Å². The van der Waals surface area contributed by atoms with E-state index >= 15 is 0 Å². The highest BCUT2D eigenvalue weighted by Gasteiger charge is 2.24. The SMILES string of the molecule is CNC(CS(=O)(=O)c1ccc2c(c1)OCCCO2)C(C)C. The molecule has 118 valence electrons. The number of rotatable bonds is 5. The second-order valence-electron chi connectivity index (χ2n) is 5.58. The molecule has 1 aliphatic rings. The average Bonchev–Trinajstić information content (AvgIpc) is 2.68. The van der Waals surface area contributed by atoms with E-state index in [1.54, 1.807) is 25.2 Å². The molecule has 1 aromatic carbocycles. The zero-order valence-corrected chi connectivity index (χ0v) is 13.6. The van der Waals surface area contributed by atoms with E-state index in [-0.39, 0.29) is 22.6 Å². The van der Waals surface area contributed by atoms with Crippen LogP contribution >= 0.6 is 0 Å². The molecule has 1 heterocycles. The number of nitrogens with one attached hydrogen (secondary N) is 1. The lowest BCUT2D eigenvalue weighted by Crippen LogP contribution is -2.37. The Morgan fingerprint density at radius 1 is 1.19 bits per heavy atom. The van der Waals surface area contributed by atoms with Crippen molar-refractivity contribution in [3.05, 3.63) is 18.2 Å². The minimum Gasteiger partial charge on any atom is -0.490 e. The van der Waals surface area contributed by atoms with E-state index in [4.69, 9.17) is 9.47 Å². The largest absolute Gasteiger partial charge is 0.490 e. The number of hydrogen-bond donors (Lipinski definition) is 1. The van der Waals surface area contributed by atoms with Gasteiger partial charge in [-0.15, -0.1) is 0 Å². The molecule has 0 bridgehead atoms. The monoisotopic (exact) mass is 313 g/mol. The smallest absolute Gasteiger partial charge is 0.180 e. The molecule has 5 nitrogen and oxygen atoms in total. The zero-order valence-electron chi connectivity index (χ0n) is 12.8. The Hall–Kier alpha value is -1.27. The highest BCUT2D eigenvalue weighted by molar-refractivity contribution is 7.91. The number of hydrogen-bond acceptors (Lipinski definition) is 5. The van der Waals surface area contributed by atoms with Gasteiger partial charge >= 0.3 is 0 Å². The van der Waals surface area contributed by atoms with Crippen LogP contribution in [0.5, 0.6) is 11.5 Å². The Morgan fingerprint density at radius 3 is 2.48 bits per heavy atom. The topological polar surface area (TPSA) is 64.6 Å². The second kappa shape index (κ2) is 6.66. The summed E-state index contributed by atoms with van der Waals surface area (Å²) in [5.41, 5.74) is 0. The number of ether oxygens (including phenoxy) is 2. The van der Waals surface area contributed by atoms with E-state index in [9.17, 15) is 8.42 Å². The van der Waals surface area contributed by atoms with Crippen LogP contribution in [0.15, 0.2) is 23.1 Å². The molecule has 6 heteroatoms. The van der Waals surface area contributed by atoms with Crippen LogP contribution in [0.4, 0.5) is 0 Å². The van der Waals surface area contributed by atoms with Crippen molar-refractivity contribution in [3.63, 3.8) is 0 Å². The zero-order chi connectivity index (χ0) is 15.5. The lowest BCUT2D eigenvalue weighted by molar-refractivity contribution is 0.297. The van der Waals surface area contributed by atoms with Gasteiger partial charge in [0.1, 0.15) is 0 Å². The summed E-state index contributed by atoms with van der Waals surface area (Å²) in [6, 6.07) is 4.77. The summed E-state index contributed by atoms with van der Waals surface area (Å²) in [7, 11) is -1.57. The summed E-state index contributed by atoms with van der Waals surface area (Å²) in [6.07, 6.45) is 0.798. The van der Waals surface area contributed by atoms with Crippen molar-refractivity contribution in [2.75, 3.05) is 26.0 Å². The van der Waals surface area contributed by atoms with Crippen molar-refractivity contribution in [2.45, 2.75) is 31.2 Å². The third kappa shape index (κ3) is 3.89. The van der Waals surface area contributed by atoms with E-state index < -0.39 is 9.84 Å². The van der Waals surface area contributed by atoms with Gasteiger partial charge in [-0.2, -0.15) is 0 Å². The maximum Gasteiger partial charge on any atom is 0.180 e. The van der Waals surface area contributed by atoms with E-state index in [0.29, 0.717) is 24.7 Å². The van der Waals surface area contributed by atoms with Gasteiger partial charge in [0, 0.05) is 18.5 Å². The highest BCUT2D eigenvalue weighted by Crippen LogP contribution is 2.32. The van der Waals surface area contributed by atoms with Crippen molar-refractivity contribution in [2.24, 2.45) is 5.92 Å². The molecule has 0 saturated heterocycles. The molecule has 0 radical (unpaired) electrons.